The lowest BCUT2D eigenvalue weighted by Crippen LogP contribution is -2.15. The van der Waals surface area contributed by atoms with Crippen LogP contribution in [0, 0.1) is 0 Å². The van der Waals surface area contributed by atoms with Crippen molar-refractivity contribution in [3.05, 3.63) is 51.3 Å². The van der Waals surface area contributed by atoms with Crippen molar-refractivity contribution in [1.29, 1.82) is 0 Å². The highest BCUT2D eigenvalue weighted by atomic mass is 79.9. The number of hydrogen-bond donors (Lipinski definition) is 1. The molecule has 0 aliphatic heterocycles. The molecule has 1 aliphatic rings. The third-order valence-electron chi connectivity index (χ3n) is 4.70. The van der Waals surface area contributed by atoms with Crippen LogP contribution in [0.15, 0.2) is 28.9 Å². The van der Waals surface area contributed by atoms with Crippen molar-refractivity contribution in [2.75, 3.05) is 0 Å². The number of carbonyl (C=O) groups is 1. The number of benzene rings is 1. The van der Waals surface area contributed by atoms with Crippen LogP contribution in [0.25, 0.3) is 11.4 Å². The van der Waals surface area contributed by atoms with Gasteiger partial charge in [0.05, 0.1) is 15.9 Å². The molecule has 1 aliphatic carbocycles. The zero-order valence-electron chi connectivity index (χ0n) is 15.0. The van der Waals surface area contributed by atoms with Gasteiger partial charge in [-0.15, -0.1) is 0 Å². The number of carbonyl (C=O) groups excluding carboxylic acids is 1. The van der Waals surface area contributed by atoms with Gasteiger partial charge in [0.2, 0.25) is 0 Å². The van der Waals surface area contributed by atoms with Gasteiger partial charge in [0.15, 0.2) is 5.69 Å². The van der Waals surface area contributed by atoms with E-state index in [1.165, 1.54) is 5.56 Å². The van der Waals surface area contributed by atoms with E-state index in [1.54, 1.807) is 17.9 Å². The smallest absolute Gasteiger partial charge is 0.322 e. The molecular formula is C19H18BrN5O2. The van der Waals surface area contributed by atoms with E-state index in [4.69, 9.17) is 10.5 Å². The summed E-state index contributed by atoms with van der Waals surface area (Å²) in [5, 5.41) is 4.27. The maximum Gasteiger partial charge on any atom is 0.322 e. The molecule has 0 fully saturated rings. The summed E-state index contributed by atoms with van der Waals surface area (Å²) in [6.07, 6.45) is 4.12. The molecule has 3 aromatic rings. The largest absolute Gasteiger partial charge is 0.423 e. The van der Waals surface area contributed by atoms with Crippen LogP contribution in [0.2, 0.25) is 0 Å². The number of ether oxygens (including phenoxy) is 1. The van der Waals surface area contributed by atoms with Crippen LogP contribution in [-0.4, -0.2) is 25.7 Å². The van der Waals surface area contributed by atoms with Gasteiger partial charge < -0.3 is 10.5 Å². The van der Waals surface area contributed by atoms with Crippen molar-refractivity contribution < 1.29 is 9.53 Å². The Morgan fingerprint density at radius 2 is 2.19 bits per heavy atom. The predicted molar refractivity (Wildman–Crippen MR) is 104 cm³/mol. The molecule has 27 heavy (non-hydrogen) atoms. The number of hydrogen-bond acceptors (Lipinski definition) is 5. The van der Waals surface area contributed by atoms with Crippen LogP contribution in [0.1, 0.15) is 34.1 Å². The Morgan fingerprint density at radius 3 is 2.89 bits per heavy atom. The first-order valence-corrected chi connectivity index (χ1v) is 9.45. The summed E-state index contributed by atoms with van der Waals surface area (Å²) in [5.74, 6) is 0.117. The van der Waals surface area contributed by atoms with Crippen molar-refractivity contribution in [3.63, 3.8) is 0 Å². The molecule has 0 saturated heterocycles. The molecule has 0 radical (unpaired) electrons. The highest BCUT2D eigenvalue weighted by Gasteiger charge is 2.28. The normalized spacial score (nSPS) is 12.4. The molecule has 0 atom stereocenters. The van der Waals surface area contributed by atoms with Gasteiger partial charge in [0.1, 0.15) is 5.75 Å². The van der Waals surface area contributed by atoms with Crippen LogP contribution < -0.4 is 10.5 Å². The standard InChI is InChI=1S/C19H18BrN5O2/c1-3-10-4-7-14(13(20)8-10)27-19-22-9-11-5-6-12-16(18(21)26)24-25(2)17(12)15(11)23-19/h4,7-9H,3,5-6H2,1-2H3,(H2,21,26). The van der Waals surface area contributed by atoms with E-state index in [0.717, 1.165) is 39.8 Å². The molecule has 138 valence electrons. The third kappa shape index (κ3) is 3.10. The minimum Gasteiger partial charge on any atom is -0.423 e. The van der Waals surface area contributed by atoms with Gasteiger partial charge in [0.25, 0.3) is 5.91 Å². The van der Waals surface area contributed by atoms with Gasteiger partial charge in [-0.25, -0.2) is 4.98 Å². The number of halogens is 1. The third-order valence-corrected chi connectivity index (χ3v) is 5.32. The van der Waals surface area contributed by atoms with E-state index < -0.39 is 5.91 Å². The summed E-state index contributed by atoms with van der Waals surface area (Å²) in [6.45, 7) is 2.10. The minimum absolute atomic E-state index is 0.244. The second kappa shape index (κ2) is 6.77. The maximum absolute atomic E-state index is 11.7. The number of nitrogens with zero attached hydrogens (tertiary/aromatic N) is 4. The number of aryl methyl sites for hydroxylation is 3. The molecule has 0 bridgehead atoms. The summed E-state index contributed by atoms with van der Waals surface area (Å²) < 4.78 is 8.39. The Labute approximate surface area is 164 Å². The molecule has 4 rings (SSSR count). The average molecular weight is 428 g/mol. The van der Waals surface area contributed by atoms with Crippen LogP contribution in [0.3, 0.4) is 0 Å². The number of aromatic nitrogens is 4. The fourth-order valence-electron chi connectivity index (χ4n) is 3.33. The first kappa shape index (κ1) is 17.7. The number of rotatable bonds is 4. The van der Waals surface area contributed by atoms with Gasteiger partial charge in [0, 0.05) is 18.8 Å². The molecule has 2 heterocycles. The van der Waals surface area contributed by atoms with Gasteiger partial charge in [-0.3, -0.25) is 9.48 Å². The lowest BCUT2D eigenvalue weighted by molar-refractivity contribution is 0.0994. The Hall–Kier alpha value is -2.74. The number of fused-ring (bicyclic) bond motifs is 3. The summed E-state index contributed by atoms with van der Waals surface area (Å²) in [6, 6.07) is 6.17. The predicted octanol–water partition coefficient (Wildman–Crippen LogP) is 3.19. The van der Waals surface area contributed by atoms with E-state index >= 15 is 0 Å². The van der Waals surface area contributed by atoms with Crippen molar-refractivity contribution in [3.8, 4) is 23.1 Å². The van der Waals surface area contributed by atoms with Crippen LogP contribution in [0.5, 0.6) is 11.8 Å². The summed E-state index contributed by atoms with van der Waals surface area (Å²) in [4.78, 5) is 20.6. The zero-order valence-corrected chi connectivity index (χ0v) is 16.6. The molecule has 1 amide bonds. The number of nitrogens with two attached hydrogens (primary N) is 1. The van der Waals surface area contributed by atoms with Crippen molar-refractivity contribution in [2.24, 2.45) is 12.8 Å². The van der Waals surface area contributed by atoms with Crippen molar-refractivity contribution in [1.82, 2.24) is 19.7 Å². The van der Waals surface area contributed by atoms with E-state index in [-0.39, 0.29) is 6.01 Å². The van der Waals surface area contributed by atoms with E-state index in [1.807, 2.05) is 18.2 Å². The molecule has 7 nitrogen and oxygen atoms in total. The van der Waals surface area contributed by atoms with E-state index in [9.17, 15) is 4.79 Å². The summed E-state index contributed by atoms with van der Waals surface area (Å²) in [7, 11) is 1.78. The highest BCUT2D eigenvalue weighted by Crippen LogP contribution is 2.35. The van der Waals surface area contributed by atoms with Gasteiger partial charge in [-0.2, -0.15) is 10.1 Å². The van der Waals surface area contributed by atoms with Crippen molar-refractivity contribution >= 4 is 21.8 Å². The SMILES string of the molecule is CCc1ccc(Oc2ncc3c(n2)-c2c(c(C(N)=O)nn2C)CC3)c(Br)c1. The fraction of sp³-hybridized carbons (Fsp3) is 0.263. The van der Waals surface area contributed by atoms with Crippen LogP contribution in [-0.2, 0) is 26.3 Å². The lowest BCUT2D eigenvalue weighted by Gasteiger charge is -2.17. The van der Waals surface area contributed by atoms with Crippen LogP contribution >= 0.6 is 15.9 Å². The monoisotopic (exact) mass is 427 g/mol. The highest BCUT2D eigenvalue weighted by molar-refractivity contribution is 9.10. The minimum atomic E-state index is -0.527. The maximum atomic E-state index is 11.7. The Morgan fingerprint density at radius 1 is 1.37 bits per heavy atom. The Bertz CT molecular complexity index is 1060. The Balaban J connectivity index is 1.74. The quantitative estimate of drug-likeness (QED) is 0.689. The first-order chi connectivity index (χ1) is 13.0. The second-order valence-electron chi connectivity index (χ2n) is 6.41. The molecule has 2 aromatic heterocycles. The molecule has 8 heteroatoms. The summed E-state index contributed by atoms with van der Waals surface area (Å²) >= 11 is 3.53. The zero-order chi connectivity index (χ0) is 19.1. The van der Waals surface area contributed by atoms with E-state index in [2.05, 4.69) is 37.9 Å². The Kier molecular flexibility index (Phi) is 4.43. The molecule has 0 spiro atoms. The lowest BCUT2D eigenvalue weighted by atomic mass is 9.93. The van der Waals surface area contributed by atoms with E-state index in [0.29, 0.717) is 17.9 Å². The molecule has 1 aromatic carbocycles. The molecular weight excluding hydrogens is 410 g/mol. The molecule has 0 unspecified atom stereocenters. The number of amides is 1. The first-order valence-electron chi connectivity index (χ1n) is 8.66. The van der Waals surface area contributed by atoms with Gasteiger partial charge >= 0.3 is 6.01 Å². The fourth-order valence-corrected chi connectivity index (χ4v) is 3.84. The average Bonchev–Trinajstić information content (AvgIpc) is 3.01. The summed E-state index contributed by atoms with van der Waals surface area (Å²) in [5.41, 5.74) is 10.3. The van der Waals surface area contributed by atoms with Gasteiger partial charge in [-0.1, -0.05) is 13.0 Å². The second-order valence-corrected chi connectivity index (χ2v) is 7.26. The van der Waals surface area contributed by atoms with Gasteiger partial charge in [-0.05, 0) is 58.5 Å². The number of primary amides is 1. The molecule has 0 saturated carbocycles. The topological polar surface area (TPSA) is 95.9 Å². The van der Waals surface area contributed by atoms with Crippen LogP contribution in [0.4, 0.5) is 0 Å². The molecule has 2 N–H and O–H groups in total. The van der Waals surface area contributed by atoms with Crippen molar-refractivity contribution in [2.45, 2.75) is 26.2 Å².